The number of piperazine rings is 1. The van der Waals surface area contributed by atoms with E-state index in [0.29, 0.717) is 49.2 Å². The molecule has 14 heteroatoms. The summed E-state index contributed by atoms with van der Waals surface area (Å²) in [7, 11) is 0. The van der Waals surface area contributed by atoms with Crippen LogP contribution in [-0.4, -0.2) is 138 Å². The van der Waals surface area contributed by atoms with Gasteiger partial charge in [0.1, 0.15) is 11.9 Å². The highest BCUT2D eigenvalue weighted by molar-refractivity contribution is 5.79. The average molecular weight is 655 g/mol. The first kappa shape index (κ1) is 32.1. The maximum absolute atomic E-state index is 14.2. The molecule has 0 unspecified atom stereocenters. The largest absolute Gasteiger partial charge is 0.474 e. The van der Waals surface area contributed by atoms with E-state index in [-0.39, 0.29) is 29.6 Å². The van der Waals surface area contributed by atoms with Crippen LogP contribution in [0.1, 0.15) is 37.9 Å². The molecule has 5 heterocycles. The summed E-state index contributed by atoms with van der Waals surface area (Å²) in [6, 6.07) is 8.67. The average Bonchev–Trinajstić information content (AvgIpc) is 3.52. The minimum Gasteiger partial charge on any atom is -0.474 e. The minimum absolute atomic E-state index is 0.00876. The molecule has 3 aliphatic heterocycles. The predicted octanol–water partition coefficient (Wildman–Crippen LogP) is 3.00. The van der Waals surface area contributed by atoms with E-state index in [2.05, 4.69) is 14.8 Å². The standard InChI is InChI=1S/C33H44F2N8O4/c34-30(35)31-36-26-3-1-2-4-27(26)43(31)28-23-29(38-33(37-28)42-17-21-46-22-18-42)47-25-7-5-24(6-8-25)32(44)41-13-11-39(12-14-41)9-10-40-15-19-45-20-16-40/h1-4,23-25,30H,5-22H2. The van der Waals surface area contributed by atoms with Crippen LogP contribution < -0.4 is 9.64 Å². The van der Waals surface area contributed by atoms with Crippen LogP contribution in [0.3, 0.4) is 0 Å². The number of nitrogens with zero attached hydrogens (tertiary/aromatic N) is 8. The van der Waals surface area contributed by atoms with Crippen molar-refractivity contribution in [3.05, 3.63) is 36.2 Å². The van der Waals surface area contributed by atoms with Gasteiger partial charge in [-0.05, 0) is 37.8 Å². The second-order valence-electron chi connectivity index (χ2n) is 12.8. The van der Waals surface area contributed by atoms with Gasteiger partial charge in [-0.1, -0.05) is 12.1 Å². The lowest BCUT2D eigenvalue weighted by Gasteiger charge is -2.38. The van der Waals surface area contributed by atoms with Crippen LogP contribution in [0, 0.1) is 5.92 Å². The molecule has 12 nitrogen and oxygen atoms in total. The number of halogens is 2. The van der Waals surface area contributed by atoms with Crippen molar-refractivity contribution in [1.29, 1.82) is 0 Å². The third-order valence-electron chi connectivity index (χ3n) is 9.81. The van der Waals surface area contributed by atoms with Crippen molar-refractivity contribution in [2.75, 3.05) is 96.8 Å². The summed E-state index contributed by atoms with van der Waals surface area (Å²) in [5.41, 5.74) is 1.01. The summed E-state index contributed by atoms with van der Waals surface area (Å²) in [5.74, 6) is 0.894. The van der Waals surface area contributed by atoms with Gasteiger partial charge in [-0.25, -0.2) is 13.8 Å². The second kappa shape index (κ2) is 14.8. The zero-order valence-electron chi connectivity index (χ0n) is 26.8. The SMILES string of the molecule is O=C(C1CCC(Oc2cc(-n3c(C(F)F)nc4ccccc43)nc(N3CCOCC3)n2)CC1)N1CCN(CCN2CCOCC2)CC1. The second-order valence-corrected chi connectivity index (χ2v) is 12.8. The van der Waals surface area contributed by atoms with Crippen molar-refractivity contribution >= 4 is 22.9 Å². The topological polar surface area (TPSA) is 101 Å². The van der Waals surface area contributed by atoms with Gasteiger partial charge < -0.3 is 24.0 Å². The highest BCUT2D eigenvalue weighted by atomic mass is 19.3. The monoisotopic (exact) mass is 654 g/mol. The van der Waals surface area contributed by atoms with E-state index in [1.807, 2.05) is 9.80 Å². The van der Waals surface area contributed by atoms with Crippen molar-refractivity contribution in [3.63, 3.8) is 0 Å². The van der Waals surface area contributed by atoms with Gasteiger partial charge in [0, 0.05) is 77.4 Å². The van der Waals surface area contributed by atoms with Gasteiger partial charge in [0.25, 0.3) is 6.43 Å². The van der Waals surface area contributed by atoms with Gasteiger partial charge in [-0.3, -0.25) is 19.2 Å². The number of benzene rings is 1. The molecule has 3 aromatic rings. The molecule has 0 atom stereocenters. The van der Waals surface area contributed by atoms with E-state index < -0.39 is 6.43 Å². The smallest absolute Gasteiger partial charge is 0.296 e. The number of anilines is 1. The summed E-state index contributed by atoms with van der Waals surface area (Å²) in [4.78, 5) is 36.0. The first-order valence-corrected chi connectivity index (χ1v) is 17.0. The summed E-state index contributed by atoms with van der Waals surface area (Å²) in [6.45, 7) is 11.3. The summed E-state index contributed by atoms with van der Waals surface area (Å²) >= 11 is 0. The maximum atomic E-state index is 14.2. The highest BCUT2D eigenvalue weighted by Crippen LogP contribution is 2.32. The summed E-state index contributed by atoms with van der Waals surface area (Å²) in [6.07, 6.45) is 0.00879. The molecule has 1 aliphatic carbocycles. The van der Waals surface area contributed by atoms with E-state index >= 15 is 0 Å². The number of ether oxygens (including phenoxy) is 3. The number of para-hydroxylation sites is 2. The molecule has 4 fully saturated rings. The zero-order chi connectivity index (χ0) is 32.2. The Balaban J connectivity index is 0.991. The Morgan fingerprint density at radius 2 is 1.49 bits per heavy atom. The molecule has 0 spiro atoms. The molecular weight excluding hydrogens is 610 g/mol. The van der Waals surface area contributed by atoms with Crippen LogP contribution in [0.15, 0.2) is 30.3 Å². The number of rotatable bonds is 9. The molecule has 0 N–H and O–H groups in total. The van der Waals surface area contributed by atoms with Crippen molar-refractivity contribution in [2.45, 2.75) is 38.2 Å². The van der Waals surface area contributed by atoms with E-state index in [1.165, 1.54) is 4.57 Å². The molecule has 254 valence electrons. The van der Waals surface area contributed by atoms with Gasteiger partial charge in [0.15, 0.2) is 5.82 Å². The Labute approximate surface area is 273 Å². The highest BCUT2D eigenvalue weighted by Gasteiger charge is 2.32. The number of hydrogen-bond acceptors (Lipinski definition) is 10. The number of imidazole rings is 1. The fourth-order valence-corrected chi connectivity index (χ4v) is 7.07. The zero-order valence-corrected chi connectivity index (χ0v) is 26.8. The van der Waals surface area contributed by atoms with Crippen LogP contribution in [0.2, 0.25) is 0 Å². The Morgan fingerprint density at radius 1 is 0.830 bits per heavy atom. The third kappa shape index (κ3) is 7.50. The summed E-state index contributed by atoms with van der Waals surface area (Å²) < 4.78 is 47.2. The van der Waals surface area contributed by atoms with Gasteiger partial charge in [-0.2, -0.15) is 9.97 Å². The Hall–Kier alpha value is -3.46. The van der Waals surface area contributed by atoms with Crippen LogP contribution in [0.25, 0.3) is 16.9 Å². The fraction of sp³-hybridized carbons (Fsp3) is 0.636. The van der Waals surface area contributed by atoms with Gasteiger partial charge in [0.05, 0.1) is 37.5 Å². The van der Waals surface area contributed by atoms with Gasteiger partial charge >= 0.3 is 0 Å². The minimum atomic E-state index is -2.79. The number of hydrogen-bond donors (Lipinski definition) is 0. The van der Waals surface area contributed by atoms with E-state index in [0.717, 1.165) is 91.3 Å². The Kier molecular flexibility index (Phi) is 10.1. The Bertz CT molecular complexity index is 1500. The van der Waals surface area contributed by atoms with Crippen LogP contribution in [0.5, 0.6) is 5.88 Å². The molecule has 2 aromatic heterocycles. The molecule has 4 aliphatic rings. The molecular formula is C33H44F2N8O4. The number of amides is 1. The maximum Gasteiger partial charge on any atom is 0.296 e. The van der Waals surface area contributed by atoms with Crippen molar-refractivity contribution in [1.82, 2.24) is 34.2 Å². The van der Waals surface area contributed by atoms with Crippen molar-refractivity contribution in [2.24, 2.45) is 5.92 Å². The lowest BCUT2D eigenvalue weighted by Crippen LogP contribution is -2.52. The van der Waals surface area contributed by atoms with E-state index in [4.69, 9.17) is 24.2 Å². The first-order valence-electron chi connectivity index (χ1n) is 17.0. The fourth-order valence-electron chi connectivity index (χ4n) is 7.07. The van der Waals surface area contributed by atoms with Crippen LogP contribution in [0.4, 0.5) is 14.7 Å². The first-order chi connectivity index (χ1) is 23.0. The normalized spacial score (nSPS) is 23.5. The molecule has 1 amide bonds. The lowest BCUT2D eigenvalue weighted by atomic mass is 9.86. The number of carbonyl (C=O) groups excluding carboxylic acids is 1. The van der Waals surface area contributed by atoms with Gasteiger partial charge in [-0.15, -0.1) is 0 Å². The molecule has 47 heavy (non-hydrogen) atoms. The van der Waals surface area contributed by atoms with Crippen molar-refractivity contribution in [3.8, 4) is 11.7 Å². The predicted molar refractivity (Wildman–Crippen MR) is 171 cm³/mol. The molecule has 1 aromatic carbocycles. The van der Waals surface area contributed by atoms with Crippen LogP contribution in [-0.2, 0) is 14.3 Å². The van der Waals surface area contributed by atoms with Gasteiger partial charge in [0.2, 0.25) is 17.7 Å². The third-order valence-corrected chi connectivity index (χ3v) is 9.81. The molecule has 0 radical (unpaired) electrons. The lowest BCUT2D eigenvalue weighted by molar-refractivity contribution is -0.139. The Morgan fingerprint density at radius 3 is 2.19 bits per heavy atom. The number of fused-ring (bicyclic) bond motifs is 1. The van der Waals surface area contributed by atoms with E-state index in [9.17, 15) is 13.6 Å². The quantitative estimate of drug-likeness (QED) is 0.343. The molecule has 3 saturated heterocycles. The number of aromatic nitrogens is 4. The number of morpholine rings is 2. The molecule has 1 saturated carbocycles. The van der Waals surface area contributed by atoms with E-state index in [1.54, 1.807) is 30.3 Å². The number of alkyl halides is 2. The number of carbonyl (C=O) groups is 1. The molecule has 0 bridgehead atoms. The summed E-state index contributed by atoms with van der Waals surface area (Å²) in [5, 5.41) is 0. The van der Waals surface area contributed by atoms with Crippen molar-refractivity contribution < 1.29 is 27.8 Å². The van der Waals surface area contributed by atoms with Crippen LogP contribution >= 0.6 is 0 Å². The molecule has 7 rings (SSSR count).